The molecule has 0 N–H and O–H groups in total. The third-order valence-corrected chi connectivity index (χ3v) is 2.38. The van der Waals surface area contributed by atoms with Gasteiger partial charge in [-0.25, -0.2) is 0 Å². The van der Waals surface area contributed by atoms with Crippen molar-refractivity contribution in [3.05, 3.63) is 40.7 Å². The molecule has 0 spiro atoms. The first-order valence-electron chi connectivity index (χ1n) is 4.01. The predicted octanol–water partition coefficient (Wildman–Crippen LogP) is 1.47. The van der Waals surface area contributed by atoms with Gasteiger partial charge in [0.1, 0.15) is 5.69 Å². The summed E-state index contributed by atoms with van der Waals surface area (Å²) in [5.74, 6) is -0.121. The lowest BCUT2D eigenvalue weighted by Gasteiger charge is -1.99. The fourth-order valence-electron chi connectivity index (χ4n) is 1.10. The number of ketones is 1. The molecular formula is C9H7N3OS. The smallest absolute Gasteiger partial charge is 0.215 e. The predicted molar refractivity (Wildman–Crippen MR) is 52.3 cm³/mol. The highest BCUT2D eigenvalue weighted by molar-refractivity contribution is 7.03. The number of aromatic nitrogens is 3. The van der Waals surface area contributed by atoms with Gasteiger partial charge in [0, 0.05) is 23.3 Å². The van der Waals surface area contributed by atoms with Crippen LogP contribution in [0.15, 0.2) is 23.8 Å². The summed E-state index contributed by atoms with van der Waals surface area (Å²) in [6.45, 7) is 1.87. The van der Waals surface area contributed by atoms with Gasteiger partial charge in [0.25, 0.3) is 0 Å². The molecule has 0 bridgehead atoms. The van der Waals surface area contributed by atoms with E-state index in [0.717, 1.165) is 5.56 Å². The molecule has 0 radical (unpaired) electrons. The van der Waals surface area contributed by atoms with E-state index in [-0.39, 0.29) is 5.78 Å². The van der Waals surface area contributed by atoms with Gasteiger partial charge in [-0.2, -0.15) is 0 Å². The summed E-state index contributed by atoms with van der Waals surface area (Å²) in [5.41, 5.74) is 1.87. The highest BCUT2D eigenvalue weighted by Crippen LogP contribution is 2.11. The van der Waals surface area contributed by atoms with Crippen LogP contribution in [0.2, 0.25) is 0 Å². The van der Waals surface area contributed by atoms with Gasteiger partial charge in [-0.15, -0.1) is 5.10 Å². The number of nitrogens with zero attached hydrogens (tertiary/aromatic N) is 3. The Morgan fingerprint density at radius 1 is 1.50 bits per heavy atom. The van der Waals surface area contributed by atoms with E-state index in [0.29, 0.717) is 11.3 Å². The number of hydrogen-bond acceptors (Lipinski definition) is 5. The summed E-state index contributed by atoms with van der Waals surface area (Å²) < 4.78 is 3.65. The maximum Gasteiger partial charge on any atom is 0.215 e. The minimum atomic E-state index is -0.121. The minimum Gasteiger partial charge on any atom is -0.287 e. The molecule has 0 fully saturated rings. The van der Waals surface area contributed by atoms with E-state index in [1.54, 1.807) is 23.8 Å². The van der Waals surface area contributed by atoms with Crippen LogP contribution >= 0.6 is 11.5 Å². The first-order valence-corrected chi connectivity index (χ1v) is 4.85. The van der Waals surface area contributed by atoms with Gasteiger partial charge in [-0.1, -0.05) is 4.49 Å². The molecule has 0 aromatic carbocycles. The van der Waals surface area contributed by atoms with E-state index in [1.165, 1.54) is 11.5 Å². The second-order valence-electron chi connectivity index (χ2n) is 2.81. The number of carbonyl (C=O) groups excluding carboxylic acids is 1. The first-order chi connectivity index (χ1) is 6.79. The van der Waals surface area contributed by atoms with Gasteiger partial charge in [0.15, 0.2) is 0 Å². The second-order valence-corrected chi connectivity index (χ2v) is 3.42. The summed E-state index contributed by atoms with van der Waals surface area (Å²) in [7, 11) is 0. The van der Waals surface area contributed by atoms with Crippen LogP contribution in [0, 0.1) is 6.92 Å². The van der Waals surface area contributed by atoms with Crippen molar-refractivity contribution in [1.29, 1.82) is 0 Å². The third-order valence-electron chi connectivity index (χ3n) is 1.88. The summed E-state index contributed by atoms with van der Waals surface area (Å²) in [5, 5.41) is 5.36. The zero-order valence-electron chi connectivity index (χ0n) is 7.47. The van der Waals surface area contributed by atoms with Crippen molar-refractivity contribution >= 4 is 17.3 Å². The molecule has 0 unspecified atom stereocenters. The number of carbonyl (C=O) groups is 1. The van der Waals surface area contributed by atoms with Crippen LogP contribution in [0.4, 0.5) is 0 Å². The maximum absolute atomic E-state index is 11.8. The first kappa shape index (κ1) is 8.96. The normalized spacial score (nSPS) is 10.1. The highest BCUT2D eigenvalue weighted by Gasteiger charge is 2.13. The van der Waals surface area contributed by atoms with Crippen molar-refractivity contribution in [2.45, 2.75) is 6.92 Å². The largest absolute Gasteiger partial charge is 0.287 e. The Balaban J connectivity index is 2.42. The van der Waals surface area contributed by atoms with E-state index in [1.807, 2.05) is 6.92 Å². The average molecular weight is 205 g/mol. The van der Waals surface area contributed by atoms with Crippen molar-refractivity contribution in [1.82, 2.24) is 14.6 Å². The van der Waals surface area contributed by atoms with E-state index < -0.39 is 0 Å². The molecule has 0 aliphatic carbocycles. The Bertz CT molecular complexity index is 453. The van der Waals surface area contributed by atoms with Crippen LogP contribution in [0.1, 0.15) is 21.6 Å². The molecule has 2 aromatic heterocycles. The molecule has 5 heteroatoms. The fourth-order valence-corrected chi connectivity index (χ4v) is 1.54. The van der Waals surface area contributed by atoms with Crippen LogP contribution in [0.3, 0.4) is 0 Å². The number of pyridine rings is 1. The van der Waals surface area contributed by atoms with Gasteiger partial charge in [-0.3, -0.25) is 9.78 Å². The van der Waals surface area contributed by atoms with E-state index in [2.05, 4.69) is 14.6 Å². The molecule has 0 atom stereocenters. The monoisotopic (exact) mass is 205 g/mol. The van der Waals surface area contributed by atoms with Crippen molar-refractivity contribution in [2.24, 2.45) is 0 Å². The van der Waals surface area contributed by atoms with Crippen molar-refractivity contribution < 1.29 is 4.79 Å². The molecule has 0 aliphatic heterocycles. The summed E-state index contributed by atoms with van der Waals surface area (Å²) in [6, 6.07) is 1.80. The van der Waals surface area contributed by atoms with Crippen molar-refractivity contribution in [3.8, 4) is 0 Å². The number of aryl methyl sites for hydroxylation is 1. The Kier molecular flexibility index (Phi) is 2.32. The molecule has 2 aromatic rings. The molecule has 0 saturated heterocycles. The van der Waals surface area contributed by atoms with Crippen LogP contribution in [0.5, 0.6) is 0 Å². The summed E-state index contributed by atoms with van der Waals surface area (Å²) in [6.07, 6.45) is 3.21. The van der Waals surface area contributed by atoms with Crippen LogP contribution < -0.4 is 0 Å². The standard InChI is InChI=1S/C9H7N3OS/c1-6-2-3-10-4-7(6)9(13)8-5-14-12-11-8/h2-5H,1H3. The van der Waals surface area contributed by atoms with E-state index in [9.17, 15) is 4.79 Å². The van der Waals surface area contributed by atoms with E-state index in [4.69, 9.17) is 0 Å². The molecule has 0 saturated carbocycles. The zero-order valence-corrected chi connectivity index (χ0v) is 8.28. The Labute approximate surface area is 84.8 Å². The van der Waals surface area contributed by atoms with Gasteiger partial charge < -0.3 is 0 Å². The van der Waals surface area contributed by atoms with Crippen LogP contribution in [-0.2, 0) is 0 Å². The molecule has 0 aliphatic rings. The Morgan fingerprint density at radius 2 is 2.36 bits per heavy atom. The van der Waals surface area contributed by atoms with Gasteiger partial charge >= 0.3 is 0 Å². The Morgan fingerprint density at radius 3 is 3.00 bits per heavy atom. The second kappa shape index (κ2) is 3.63. The zero-order chi connectivity index (χ0) is 9.97. The van der Waals surface area contributed by atoms with Crippen LogP contribution in [-0.4, -0.2) is 20.4 Å². The summed E-state index contributed by atoms with van der Waals surface area (Å²) >= 11 is 1.17. The topological polar surface area (TPSA) is 55.7 Å². The van der Waals surface area contributed by atoms with Crippen molar-refractivity contribution in [2.75, 3.05) is 0 Å². The third kappa shape index (κ3) is 1.54. The van der Waals surface area contributed by atoms with Crippen LogP contribution in [0.25, 0.3) is 0 Å². The lowest BCUT2D eigenvalue weighted by molar-refractivity contribution is 0.103. The molecule has 70 valence electrons. The molecular weight excluding hydrogens is 198 g/mol. The van der Waals surface area contributed by atoms with Gasteiger partial charge in [0.05, 0.1) is 0 Å². The molecule has 14 heavy (non-hydrogen) atoms. The fraction of sp³-hybridized carbons (Fsp3) is 0.111. The Hall–Kier alpha value is -1.62. The molecule has 2 rings (SSSR count). The van der Waals surface area contributed by atoms with Crippen molar-refractivity contribution in [3.63, 3.8) is 0 Å². The lowest BCUT2D eigenvalue weighted by atomic mass is 10.1. The molecule has 2 heterocycles. The highest BCUT2D eigenvalue weighted by atomic mass is 32.1. The number of hydrogen-bond donors (Lipinski definition) is 0. The van der Waals surface area contributed by atoms with Gasteiger partial charge in [0.2, 0.25) is 5.78 Å². The van der Waals surface area contributed by atoms with Gasteiger partial charge in [-0.05, 0) is 30.1 Å². The molecule has 0 amide bonds. The summed E-state index contributed by atoms with van der Waals surface area (Å²) in [4.78, 5) is 15.7. The average Bonchev–Trinajstić information content (AvgIpc) is 2.70. The van der Waals surface area contributed by atoms with E-state index >= 15 is 0 Å². The lowest BCUT2D eigenvalue weighted by Crippen LogP contribution is -2.04. The SMILES string of the molecule is Cc1ccncc1C(=O)c1csnn1. The molecule has 4 nitrogen and oxygen atoms in total. The minimum absolute atomic E-state index is 0.121. The maximum atomic E-state index is 11.8. The number of rotatable bonds is 2. The quantitative estimate of drug-likeness (QED) is 0.697.